The highest BCUT2D eigenvalue weighted by Crippen LogP contribution is 2.28. The monoisotopic (exact) mass is 304 g/mol. The summed E-state index contributed by atoms with van der Waals surface area (Å²) in [6.07, 6.45) is 0.808. The molecule has 1 amide bonds. The Morgan fingerprint density at radius 1 is 1.29 bits per heavy atom. The van der Waals surface area contributed by atoms with Crippen molar-refractivity contribution in [1.82, 2.24) is 4.90 Å². The zero-order valence-corrected chi connectivity index (χ0v) is 12.4. The van der Waals surface area contributed by atoms with Gasteiger partial charge in [-0.2, -0.15) is 11.3 Å². The van der Waals surface area contributed by atoms with E-state index in [2.05, 4.69) is 0 Å². The number of halogens is 1. The lowest BCUT2D eigenvalue weighted by atomic mass is 9.85. The highest BCUT2D eigenvalue weighted by atomic mass is 32.1. The number of rotatable bonds is 2. The molecule has 3 rings (SSSR count). The molecule has 2 N–H and O–H groups in total. The lowest BCUT2D eigenvalue weighted by molar-refractivity contribution is 0.0694. The third kappa shape index (κ3) is 2.99. The van der Waals surface area contributed by atoms with E-state index in [1.165, 1.54) is 23.5 Å². The SMILES string of the molecule is N[C@@H]1CN(C(=O)c2ccsc2)CC[C@H]1c1ccc(F)cc1. The average Bonchev–Trinajstić information content (AvgIpc) is 3.02. The normalized spacial score (nSPS) is 22.3. The van der Waals surface area contributed by atoms with Crippen LogP contribution >= 0.6 is 11.3 Å². The molecule has 0 radical (unpaired) electrons. The van der Waals surface area contributed by atoms with E-state index in [1.807, 2.05) is 21.7 Å². The minimum absolute atomic E-state index is 0.0456. The van der Waals surface area contributed by atoms with E-state index < -0.39 is 0 Å². The summed E-state index contributed by atoms with van der Waals surface area (Å²) in [6, 6.07) is 8.22. The molecule has 1 saturated heterocycles. The van der Waals surface area contributed by atoms with Crippen LogP contribution in [0.3, 0.4) is 0 Å². The minimum Gasteiger partial charge on any atom is -0.337 e. The summed E-state index contributed by atoms with van der Waals surface area (Å²) in [6.45, 7) is 1.22. The van der Waals surface area contributed by atoms with Crippen LogP contribution in [0.4, 0.5) is 4.39 Å². The third-order valence-electron chi connectivity index (χ3n) is 4.01. The second-order valence-corrected chi connectivity index (χ2v) is 6.15. The van der Waals surface area contributed by atoms with Gasteiger partial charge < -0.3 is 10.6 Å². The van der Waals surface area contributed by atoms with E-state index in [0.717, 1.165) is 17.5 Å². The number of nitrogens with zero attached hydrogens (tertiary/aromatic N) is 1. The molecule has 0 saturated carbocycles. The Bertz CT molecular complexity index is 612. The molecule has 2 atom stereocenters. The van der Waals surface area contributed by atoms with Gasteiger partial charge in [-0.3, -0.25) is 4.79 Å². The fourth-order valence-electron chi connectivity index (χ4n) is 2.86. The van der Waals surface area contributed by atoms with Gasteiger partial charge in [-0.15, -0.1) is 0 Å². The zero-order chi connectivity index (χ0) is 14.8. The van der Waals surface area contributed by atoms with Gasteiger partial charge in [0.05, 0.1) is 5.56 Å². The lowest BCUT2D eigenvalue weighted by Crippen LogP contribution is -2.49. The predicted octanol–water partition coefficient (Wildman–Crippen LogP) is 2.84. The first-order chi connectivity index (χ1) is 10.1. The summed E-state index contributed by atoms with van der Waals surface area (Å²) < 4.78 is 13.0. The van der Waals surface area contributed by atoms with Crippen molar-refractivity contribution >= 4 is 17.2 Å². The lowest BCUT2D eigenvalue weighted by Gasteiger charge is -2.37. The molecule has 2 aromatic rings. The molecule has 1 aromatic heterocycles. The summed E-state index contributed by atoms with van der Waals surface area (Å²) in [4.78, 5) is 14.1. The van der Waals surface area contributed by atoms with Gasteiger partial charge in [-0.1, -0.05) is 12.1 Å². The molecule has 1 aliphatic rings. The predicted molar refractivity (Wildman–Crippen MR) is 82.0 cm³/mol. The number of hydrogen-bond acceptors (Lipinski definition) is 3. The van der Waals surface area contributed by atoms with Crippen molar-refractivity contribution in [3.63, 3.8) is 0 Å². The molecule has 0 bridgehead atoms. The van der Waals surface area contributed by atoms with E-state index in [0.29, 0.717) is 13.1 Å². The number of carbonyl (C=O) groups excluding carboxylic acids is 1. The maximum absolute atomic E-state index is 13.0. The molecule has 21 heavy (non-hydrogen) atoms. The number of likely N-dealkylation sites (tertiary alicyclic amines) is 1. The number of carbonyl (C=O) groups is 1. The number of benzene rings is 1. The molecule has 1 fully saturated rings. The average molecular weight is 304 g/mol. The number of thiophene rings is 1. The van der Waals surface area contributed by atoms with Crippen molar-refractivity contribution in [2.45, 2.75) is 18.4 Å². The fourth-order valence-corrected chi connectivity index (χ4v) is 3.49. The molecule has 3 nitrogen and oxygen atoms in total. The van der Waals surface area contributed by atoms with Crippen LogP contribution in [-0.4, -0.2) is 29.9 Å². The van der Waals surface area contributed by atoms with Crippen molar-refractivity contribution in [2.75, 3.05) is 13.1 Å². The molecule has 0 spiro atoms. The highest BCUT2D eigenvalue weighted by molar-refractivity contribution is 7.08. The summed E-state index contributed by atoms with van der Waals surface area (Å²) in [5, 5.41) is 3.76. The largest absolute Gasteiger partial charge is 0.337 e. The van der Waals surface area contributed by atoms with Crippen LogP contribution < -0.4 is 5.73 Å². The van der Waals surface area contributed by atoms with Gasteiger partial charge in [0.2, 0.25) is 0 Å². The van der Waals surface area contributed by atoms with Crippen LogP contribution in [0.2, 0.25) is 0 Å². The highest BCUT2D eigenvalue weighted by Gasteiger charge is 2.30. The van der Waals surface area contributed by atoms with Crippen molar-refractivity contribution in [2.24, 2.45) is 5.73 Å². The Labute approximate surface area is 127 Å². The number of piperidine rings is 1. The molecular weight excluding hydrogens is 287 g/mol. The smallest absolute Gasteiger partial charge is 0.254 e. The van der Waals surface area contributed by atoms with Gasteiger partial charge in [0.1, 0.15) is 5.82 Å². The van der Waals surface area contributed by atoms with Crippen molar-refractivity contribution in [3.8, 4) is 0 Å². The fraction of sp³-hybridized carbons (Fsp3) is 0.312. The van der Waals surface area contributed by atoms with Gasteiger partial charge >= 0.3 is 0 Å². The van der Waals surface area contributed by atoms with E-state index in [-0.39, 0.29) is 23.7 Å². The van der Waals surface area contributed by atoms with Crippen LogP contribution in [0.15, 0.2) is 41.1 Å². The molecule has 1 aliphatic heterocycles. The maximum atomic E-state index is 13.0. The van der Waals surface area contributed by atoms with E-state index in [4.69, 9.17) is 5.73 Å². The van der Waals surface area contributed by atoms with E-state index in [9.17, 15) is 9.18 Å². The van der Waals surface area contributed by atoms with E-state index in [1.54, 1.807) is 12.1 Å². The second-order valence-electron chi connectivity index (χ2n) is 5.37. The number of nitrogens with two attached hydrogens (primary N) is 1. The molecule has 0 unspecified atom stereocenters. The van der Waals surface area contributed by atoms with Gasteiger partial charge in [0.25, 0.3) is 5.91 Å². The molecule has 2 heterocycles. The summed E-state index contributed by atoms with van der Waals surface area (Å²) >= 11 is 1.52. The van der Waals surface area contributed by atoms with Gasteiger partial charge in [0, 0.05) is 30.4 Å². The second kappa shape index (κ2) is 5.95. The van der Waals surface area contributed by atoms with Crippen LogP contribution in [0.5, 0.6) is 0 Å². The first kappa shape index (κ1) is 14.2. The topological polar surface area (TPSA) is 46.3 Å². The first-order valence-corrected chi connectivity index (χ1v) is 7.92. The third-order valence-corrected chi connectivity index (χ3v) is 4.69. The maximum Gasteiger partial charge on any atom is 0.254 e. The van der Waals surface area contributed by atoms with Crippen molar-refractivity contribution in [1.29, 1.82) is 0 Å². The molecule has 5 heteroatoms. The Morgan fingerprint density at radius 2 is 2.05 bits per heavy atom. The van der Waals surface area contributed by atoms with Crippen LogP contribution in [0.25, 0.3) is 0 Å². The van der Waals surface area contributed by atoms with Crippen LogP contribution in [0, 0.1) is 5.82 Å². The quantitative estimate of drug-likeness (QED) is 0.927. The summed E-state index contributed by atoms with van der Waals surface area (Å²) in [5.74, 6) is -0.0150. The van der Waals surface area contributed by atoms with Crippen molar-refractivity contribution in [3.05, 3.63) is 58.0 Å². The van der Waals surface area contributed by atoms with Gasteiger partial charge in [-0.25, -0.2) is 4.39 Å². The first-order valence-electron chi connectivity index (χ1n) is 6.97. The minimum atomic E-state index is -0.239. The van der Waals surface area contributed by atoms with Crippen LogP contribution in [0.1, 0.15) is 28.3 Å². The van der Waals surface area contributed by atoms with E-state index >= 15 is 0 Å². The standard InChI is InChI=1S/C16H17FN2OS/c17-13-3-1-11(2-4-13)14-5-7-19(9-15(14)18)16(20)12-6-8-21-10-12/h1-4,6,8,10,14-15H,5,7,9,18H2/t14-,15+/m0/s1. The molecular formula is C16H17FN2OS. The number of amides is 1. The number of hydrogen-bond donors (Lipinski definition) is 1. The molecule has 110 valence electrons. The Kier molecular flexibility index (Phi) is 4.03. The Balaban J connectivity index is 1.69. The van der Waals surface area contributed by atoms with Crippen LogP contribution in [-0.2, 0) is 0 Å². The Hall–Kier alpha value is -1.72. The summed E-state index contributed by atoms with van der Waals surface area (Å²) in [7, 11) is 0. The molecule has 0 aliphatic carbocycles. The zero-order valence-electron chi connectivity index (χ0n) is 11.5. The summed E-state index contributed by atoms with van der Waals surface area (Å²) in [5.41, 5.74) is 8.02. The van der Waals surface area contributed by atoms with Gasteiger partial charge in [-0.05, 0) is 35.6 Å². The van der Waals surface area contributed by atoms with Crippen molar-refractivity contribution < 1.29 is 9.18 Å². The van der Waals surface area contributed by atoms with Gasteiger partial charge in [0.15, 0.2) is 0 Å². The Morgan fingerprint density at radius 3 is 2.67 bits per heavy atom. The molecule has 1 aromatic carbocycles.